The molecule has 1 heterocycles. The largest absolute Gasteiger partial charge is 0.493 e. The lowest BCUT2D eigenvalue weighted by Gasteiger charge is -2.30. The van der Waals surface area contributed by atoms with Gasteiger partial charge in [-0.15, -0.1) is 0 Å². The maximum atomic E-state index is 5.91. The van der Waals surface area contributed by atoms with Crippen molar-refractivity contribution in [3.8, 4) is 11.5 Å². The SMILES string of the molecule is COc1ccc(N2CCNCC2)cc1OC1CC1. The maximum Gasteiger partial charge on any atom is 0.163 e. The molecule has 2 aliphatic rings. The minimum atomic E-state index is 0.400. The van der Waals surface area contributed by atoms with Gasteiger partial charge in [-0.1, -0.05) is 0 Å². The summed E-state index contributed by atoms with van der Waals surface area (Å²) in [6.07, 6.45) is 2.74. The summed E-state index contributed by atoms with van der Waals surface area (Å²) >= 11 is 0. The summed E-state index contributed by atoms with van der Waals surface area (Å²) in [5.41, 5.74) is 1.23. The Morgan fingerprint density at radius 1 is 1.17 bits per heavy atom. The molecule has 1 saturated carbocycles. The monoisotopic (exact) mass is 248 g/mol. The van der Waals surface area contributed by atoms with E-state index in [1.807, 2.05) is 6.07 Å². The molecule has 1 aliphatic carbocycles. The Hall–Kier alpha value is -1.42. The Kier molecular flexibility index (Phi) is 3.28. The number of rotatable bonds is 4. The smallest absolute Gasteiger partial charge is 0.163 e. The lowest BCUT2D eigenvalue weighted by Crippen LogP contribution is -2.43. The number of benzene rings is 1. The second-order valence-corrected chi connectivity index (χ2v) is 4.89. The molecule has 98 valence electrons. The Morgan fingerprint density at radius 3 is 2.61 bits per heavy atom. The van der Waals surface area contributed by atoms with Crippen LogP contribution in [0.2, 0.25) is 0 Å². The maximum absolute atomic E-state index is 5.91. The van der Waals surface area contributed by atoms with E-state index in [9.17, 15) is 0 Å². The third kappa shape index (κ3) is 2.53. The van der Waals surface area contributed by atoms with E-state index in [2.05, 4.69) is 22.3 Å². The molecule has 1 aromatic carbocycles. The van der Waals surface area contributed by atoms with Gasteiger partial charge in [0, 0.05) is 37.9 Å². The highest BCUT2D eigenvalue weighted by Gasteiger charge is 2.25. The van der Waals surface area contributed by atoms with E-state index in [1.165, 1.54) is 18.5 Å². The van der Waals surface area contributed by atoms with Crippen LogP contribution in [0.3, 0.4) is 0 Å². The van der Waals surface area contributed by atoms with Gasteiger partial charge in [-0.05, 0) is 25.0 Å². The first kappa shape index (κ1) is 11.7. The molecule has 1 saturated heterocycles. The topological polar surface area (TPSA) is 33.7 Å². The van der Waals surface area contributed by atoms with Crippen molar-refractivity contribution in [1.82, 2.24) is 5.32 Å². The number of hydrogen-bond acceptors (Lipinski definition) is 4. The van der Waals surface area contributed by atoms with Crippen molar-refractivity contribution in [1.29, 1.82) is 0 Å². The van der Waals surface area contributed by atoms with Crippen molar-refractivity contribution < 1.29 is 9.47 Å². The Morgan fingerprint density at radius 2 is 1.94 bits per heavy atom. The van der Waals surface area contributed by atoms with Gasteiger partial charge in [-0.25, -0.2) is 0 Å². The first-order valence-corrected chi connectivity index (χ1v) is 6.67. The zero-order valence-electron chi connectivity index (χ0n) is 10.8. The van der Waals surface area contributed by atoms with Gasteiger partial charge < -0.3 is 19.7 Å². The summed E-state index contributed by atoms with van der Waals surface area (Å²) in [7, 11) is 1.69. The molecule has 4 nitrogen and oxygen atoms in total. The van der Waals surface area contributed by atoms with E-state index in [0.717, 1.165) is 37.7 Å². The fourth-order valence-corrected chi connectivity index (χ4v) is 2.24. The summed E-state index contributed by atoms with van der Waals surface area (Å²) < 4.78 is 11.3. The van der Waals surface area contributed by atoms with Crippen LogP contribution in [0.25, 0.3) is 0 Å². The van der Waals surface area contributed by atoms with Gasteiger partial charge in [-0.3, -0.25) is 0 Å². The molecule has 4 heteroatoms. The molecule has 0 atom stereocenters. The number of nitrogens with one attached hydrogen (secondary N) is 1. The van der Waals surface area contributed by atoms with Crippen molar-refractivity contribution in [2.75, 3.05) is 38.2 Å². The van der Waals surface area contributed by atoms with Crippen molar-refractivity contribution in [2.45, 2.75) is 18.9 Å². The summed E-state index contributed by atoms with van der Waals surface area (Å²) in [5.74, 6) is 1.72. The lowest BCUT2D eigenvalue weighted by molar-refractivity contribution is 0.282. The predicted octanol–water partition coefficient (Wildman–Crippen LogP) is 1.65. The number of methoxy groups -OCH3 is 1. The minimum absolute atomic E-state index is 0.400. The Bertz CT molecular complexity index is 412. The molecule has 0 bridgehead atoms. The highest BCUT2D eigenvalue weighted by atomic mass is 16.5. The molecule has 0 aromatic heterocycles. The summed E-state index contributed by atoms with van der Waals surface area (Å²) in [5, 5.41) is 3.37. The van der Waals surface area contributed by atoms with Crippen LogP contribution in [-0.4, -0.2) is 39.4 Å². The molecule has 0 spiro atoms. The Balaban J connectivity index is 1.80. The molecule has 0 radical (unpaired) electrons. The summed E-state index contributed by atoms with van der Waals surface area (Å²) in [4.78, 5) is 2.38. The van der Waals surface area contributed by atoms with E-state index >= 15 is 0 Å². The van der Waals surface area contributed by atoms with Crippen molar-refractivity contribution >= 4 is 5.69 Å². The van der Waals surface area contributed by atoms with Crippen molar-refractivity contribution in [3.63, 3.8) is 0 Å². The van der Waals surface area contributed by atoms with Gasteiger partial charge in [-0.2, -0.15) is 0 Å². The van der Waals surface area contributed by atoms with Gasteiger partial charge in [0.2, 0.25) is 0 Å². The first-order valence-electron chi connectivity index (χ1n) is 6.67. The minimum Gasteiger partial charge on any atom is -0.493 e. The number of hydrogen-bond donors (Lipinski definition) is 1. The van der Waals surface area contributed by atoms with Gasteiger partial charge >= 0.3 is 0 Å². The number of nitrogens with zero attached hydrogens (tertiary/aromatic N) is 1. The number of piperazine rings is 1. The zero-order chi connectivity index (χ0) is 12.4. The summed E-state index contributed by atoms with van der Waals surface area (Å²) in [6, 6.07) is 6.24. The average Bonchev–Trinajstić information content (AvgIpc) is 3.24. The van der Waals surface area contributed by atoms with Crippen LogP contribution < -0.4 is 19.7 Å². The van der Waals surface area contributed by atoms with Gasteiger partial charge in [0.25, 0.3) is 0 Å². The molecule has 0 unspecified atom stereocenters. The second-order valence-electron chi connectivity index (χ2n) is 4.89. The van der Waals surface area contributed by atoms with Crippen LogP contribution >= 0.6 is 0 Å². The van der Waals surface area contributed by atoms with Crippen LogP contribution in [0, 0.1) is 0 Å². The molecular formula is C14H20N2O2. The quantitative estimate of drug-likeness (QED) is 0.878. The lowest BCUT2D eigenvalue weighted by atomic mass is 10.2. The average molecular weight is 248 g/mol. The third-order valence-corrected chi connectivity index (χ3v) is 3.45. The molecule has 1 aliphatic heterocycles. The highest BCUT2D eigenvalue weighted by Crippen LogP contribution is 2.36. The molecule has 1 aromatic rings. The first-order chi connectivity index (χ1) is 8.86. The van der Waals surface area contributed by atoms with E-state index < -0.39 is 0 Å². The van der Waals surface area contributed by atoms with E-state index in [0.29, 0.717) is 6.10 Å². The van der Waals surface area contributed by atoms with Gasteiger partial charge in [0.05, 0.1) is 13.2 Å². The fraction of sp³-hybridized carbons (Fsp3) is 0.571. The van der Waals surface area contributed by atoms with E-state index in [1.54, 1.807) is 7.11 Å². The molecular weight excluding hydrogens is 228 g/mol. The third-order valence-electron chi connectivity index (χ3n) is 3.45. The van der Waals surface area contributed by atoms with Crippen LogP contribution in [-0.2, 0) is 0 Å². The van der Waals surface area contributed by atoms with Gasteiger partial charge in [0.1, 0.15) is 0 Å². The normalized spacial score (nSPS) is 19.7. The van der Waals surface area contributed by atoms with E-state index in [4.69, 9.17) is 9.47 Å². The summed E-state index contributed by atoms with van der Waals surface area (Å²) in [6.45, 7) is 4.19. The molecule has 1 N–H and O–H groups in total. The molecule has 3 rings (SSSR count). The van der Waals surface area contributed by atoms with Crippen LogP contribution in [0.4, 0.5) is 5.69 Å². The molecule has 2 fully saturated rings. The van der Waals surface area contributed by atoms with Crippen molar-refractivity contribution in [3.05, 3.63) is 18.2 Å². The second kappa shape index (κ2) is 5.06. The number of anilines is 1. The number of ether oxygens (including phenoxy) is 2. The standard InChI is InChI=1S/C14H20N2O2/c1-17-13-5-2-11(16-8-6-15-7-9-16)10-14(13)18-12-3-4-12/h2,5,10,12,15H,3-4,6-9H2,1H3. The fourth-order valence-electron chi connectivity index (χ4n) is 2.24. The van der Waals surface area contributed by atoms with Crippen LogP contribution in [0.5, 0.6) is 11.5 Å². The van der Waals surface area contributed by atoms with Gasteiger partial charge in [0.15, 0.2) is 11.5 Å². The highest BCUT2D eigenvalue weighted by molar-refractivity contribution is 5.56. The van der Waals surface area contributed by atoms with Crippen LogP contribution in [0.1, 0.15) is 12.8 Å². The predicted molar refractivity (Wildman–Crippen MR) is 71.7 cm³/mol. The van der Waals surface area contributed by atoms with Crippen LogP contribution in [0.15, 0.2) is 18.2 Å². The van der Waals surface area contributed by atoms with Crippen molar-refractivity contribution in [2.24, 2.45) is 0 Å². The zero-order valence-corrected chi connectivity index (χ0v) is 10.8. The molecule has 18 heavy (non-hydrogen) atoms. The van der Waals surface area contributed by atoms with E-state index in [-0.39, 0.29) is 0 Å². The Labute approximate surface area is 108 Å². The molecule has 0 amide bonds.